The SMILES string of the molecule is CC(=NOCc1ccccc1)c1ccc(OCc2c(C)cccc2N(N)C(=O)N(C)N)c(C)c1. The van der Waals surface area contributed by atoms with Crippen molar-refractivity contribution in [2.75, 3.05) is 12.1 Å². The molecular weight excluding hydrogens is 430 g/mol. The Balaban J connectivity index is 1.70. The topological polar surface area (TPSA) is 106 Å². The highest BCUT2D eigenvalue weighted by atomic mass is 16.6. The second-order valence-corrected chi connectivity index (χ2v) is 8.04. The first-order valence-electron chi connectivity index (χ1n) is 10.9. The number of oxime groups is 1. The highest BCUT2D eigenvalue weighted by Crippen LogP contribution is 2.26. The fraction of sp³-hybridized carbons (Fsp3) is 0.231. The summed E-state index contributed by atoms with van der Waals surface area (Å²) >= 11 is 0. The fourth-order valence-corrected chi connectivity index (χ4v) is 3.39. The van der Waals surface area contributed by atoms with E-state index in [0.717, 1.165) is 49.3 Å². The maximum absolute atomic E-state index is 12.2. The number of rotatable bonds is 8. The number of nitrogens with zero attached hydrogens (tertiary/aromatic N) is 3. The van der Waals surface area contributed by atoms with Crippen LogP contribution in [0.1, 0.15) is 34.7 Å². The fourth-order valence-electron chi connectivity index (χ4n) is 3.39. The van der Waals surface area contributed by atoms with Crippen LogP contribution in [0.2, 0.25) is 0 Å². The van der Waals surface area contributed by atoms with E-state index in [1.807, 2.05) is 81.4 Å². The molecule has 0 aliphatic heterocycles. The molecule has 0 heterocycles. The third-order valence-electron chi connectivity index (χ3n) is 5.39. The number of anilines is 1. The molecule has 8 heteroatoms. The van der Waals surface area contributed by atoms with E-state index in [0.29, 0.717) is 12.3 Å². The molecule has 178 valence electrons. The van der Waals surface area contributed by atoms with Crippen molar-refractivity contribution in [3.63, 3.8) is 0 Å². The van der Waals surface area contributed by atoms with Crippen molar-refractivity contribution in [1.82, 2.24) is 5.01 Å². The zero-order chi connectivity index (χ0) is 24.7. The summed E-state index contributed by atoms with van der Waals surface area (Å²) in [7, 11) is 1.44. The number of amides is 2. The van der Waals surface area contributed by atoms with E-state index in [1.54, 1.807) is 6.07 Å². The van der Waals surface area contributed by atoms with Gasteiger partial charge in [0.15, 0.2) is 0 Å². The molecule has 0 aliphatic carbocycles. The van der Waals surface area contributed by atoms with Crippen LogP contribution in [0.5, 0.6) is 5.75 Å². The summed E-state index contributed by atoms with van der Waals surface area (Å²) in [4.78, 5) is 17.7. The number of hydrogen-bond acceptors (Lipinski definition) is 6. The zero-order valence-electron chi connectivity index (χ0n) is 20.0. The van der Waals surface area contributed by atoms with E-state index in [-0.39, 0.29) is 6.61 Å². The summed E-state index contributed by atoms with van der Waals surface area (Å²) in [5, 5.41) is 6.20. The van der Waals surface area contributed by atoms with Crippen LogP contribution in [0, 0.1) is 13.8 Å². The molecule has 2 amide bonds. The lowest BCUT2D eigenvalue weighted by Gasteiger charge is -2.24. The first-order chi connectivity index (χ1) is 16.3. The maximum Gasteiger partial charge on any atom is 0.352 e. The summed E-state index contributed by atoms with van der Waals surface area (Å²) in [6, 6.07) is 20.7. The molecule has 4 N–H and O–H groups in total. The third-order valence-corrected chi connectivity index (χ3v) is 5.39. The summed E-state index contributed by atoms with van der Waals surface area (Å²) in [5.74, 6) is 12.3. The molecule has 3 aromatic rings. The summed E-state index contributed by atoms with van der Waals surface area (Å²) < 4.78 is 6.10. The Kier molecular flexibility index (Phi) is 8.24. The van der Waals surface area contributed by atoms with Gasteiger partial charge in [0, 0.05) is 12.6 Å². The van der Waals surface area contributed by atoms with E-state index >= 15 is 0 Å². The van der Waals surface area contributed by atoms with Crippen LogP contribution < -0.4 is 21.4 Å². The van der Waals surface area contributed by atoms with Crippen LogP contribution in [0.3, 0.4) is 0 Å². The molecule has 0 saturated heterocycles. The number of ether oxygens (including phenoxy) is 1. The number of carbonyl (C=O) groups excluding carboxylic acids is 1. The van der Waals surface area contributed by atoms with E-state index in [9.17, 15) is 4.79 Å². The number of hydrogen-bond donors (Lipinski definition) is 2. The van der Waals surface area contributed by atoms with Crippen LogP contribution >= 0.6 is 0 Å². The minimum atomic E-state index is -0.531. The van der Waals surface area contributed by atoms with Crippen molar-refractivity contribution in [2.45, 2.75) is 34.0 Å². The molecule has 0 bridgehead atoms. The first-order valence-corrected chi connectivity index (χ1v) is 10.9. The lowest BCUT2D eigenvalue weighted by atomic mass is 10.1. The van der Waals surface area contributed by atoms with Crippen LogP contribution in [0.4, 0.5) is 10.5 Å². The Labute approximate surface area is 200 Å². The summed E-state index contributed by atoms with van der Waals surface area (Å²) in [6.07, 6.45) is 0. The molecule has 0 aliphatic rings. The van der Waals surface area contributed by atoms with Gasteiger partial charge in [-0.3, -0.25) is 5.01 Å². The number of urea groups is 1. The van der Waals surface area contributed by atoms with Crippen molar-refractivity contribution in [2.24, 2.45) is 16.8 Å². The largest absolute Gasteiger partial charge is 0.489 e. The molecule has 0 atom stereocenters. The second-order valence-electron chi connectivity index (χ2n) is 8.04. The van der Waals surface area contributed by atoms with Gasteiger partial charge >= 0.3 is 6.03 Å². The molecule has 0 aromatic heterocycles. The standard InChI is InChI=1S/C26H31N5O3/c1-18-9-8-12-24(31(28)26(32)30(4)27)23(18)17-33-25-14-13-22(15-19(25)2)20(3)29-34-16-21-10-6-5-7-11-21/h5-15H,16-17,27-28H2,1-4H3. The Morgan fingerprint density at radius 1 is 0.941 bits per heavy atom. The third kappa shape index (κ3) is 6.12. The summed E-state index contributed by atoms with van der Waals surface area (Å²) in [6.45, 7) is 6.47. The van der Waals surface area contributed by atoms with Gasteiger partial charge in [-0.1, -0.05) is 47.6 Å². The van der Waals surface area contributed by atoms with E-state index in [4.69, 9.17) is 21.3 Å². The van der Waals surface area contributed by atoms with Gasteiger partial charge in [0.2, 0.25) is 0 Å². The van der Waals surface area contributed by atoms with E-state index < -0.39 is 6.03 Å². The van der Waals surface area contributed by atoms with E-state index in [2.05, 4.69) is 5.16 Å². The number of nitrogens with two attached hydrogens (primary N) is 2. The van der Waals surface area contributed by atoms with Gasteiger partial charge in [0.05, 0.1) is 11.4 Å². The quantitative estimate of drug-likeness (QED) is 0.223. The predicted octanol–water partition coefficient (Wildman–Crippen LogP) is 4.43. The van der Waals surface area contributed by atoms with Gasteiger partial charge < -0.3 is 9.57 Å². The Bertz CT molecular complexity index is 1160. The Morgan fingerprint density at radius 2 is 1.68 bits per heavy atom. The normalized spacial score (nSPS) is 11.2. The molecule has 0 saturated carbocycles. The van der Waals surface area contributed by atoms with Crippen molar-refractivity contribution in [1.29, 1.82) is 0 Å². The van der Waals surface area contributed by atoms with Crippen LogP contribution in [0.15, 0.2) is 71.9 Å². The Morgan fingerprint density at radius 3 is 2.35 bits per heavy atom. The molecule has 3 aromatic carbocycles. The van der Waals surface area contributed by atoms with Crippen LogP contribution in [-0.4, -0.2) is 23.8 Å². The number of aryl methyl sites for hydroxylation is 2. The lowest BCUT2D eigenvalue weighted by molar-refractivity contribution is 0.130. The van der Waals surface area contributed by atoms with Crippen LogP contribution in [-0.2, 0) is 18.1 Å². The van der Waals surface area contributed by atoms with Crippen molar-refractivity contribution >= 4 is 17.4 Å². The molecule has 0 radical (unpaired) electrons. The highest BCUT2D eigenvalue weighted by molar-refractivity contribution is 5.98. The molecule has 0 unspecified atom stereocenters. The monoisotopic (exact) mass is 461 g/mol. The minimum Gasteiger partial charge on any atom is -0.489 e. The number of carbonyl (C=O) groups is 1. The minimum absolute atomic E-state index is 0.241. The summed E-state index contributed by atoms with van der Waals surface area (Å²) in [5.41, 5.74) is 6.02. The van der Waals surface area contributed by atoms with Gasteiger partial charge in [-0.2, -0.15) is 0 Å². The van der Waals surface area contributed by atoms with Crippen LogP contribution in [0.25, 0.3) is 0 Å². The number of benzene rings is 3. The van der Waals surface area contributed by atoms with Crippen molar-refractivity contribution in [3.8, 4) is 5.75 Å². The average Bonchev–Trinajstić information content (AvgIpc) is 2.83. The maximum atomic E-state index is 12.2. The molecule has 0 spiro atoms. The first kappa shape index (κ1) is 24.8. The molecule has 34 heavy (non-hydrogen) atoms. The van der Waals surface area contributed by atoms with Gasteiger partial charge in [-0.05, 0) is 67.3 Å². The van der Waals surface area contributed by atoms with Gasteiger partial charge in [-0.15, -0.1) is 0 Å². The molecule has 0 fully saturated rings. The smallest absolute Gasteiger partial charge is 0.352 e. The van der Waals surface area contributed by atoms with E-state index in [1.165, 1.54) is 7.05 Å². The Hall–Kier alpha value is -3.88. The average molecular weight is 462 g/mol. The van der Waals surface area contributed by atoms with Gasteiger partial charge in [0.1, 0.15) is 19.0 Å². The van der Waals surface area contributed by atoms with Gasteiger partial charge in [-0.25, -0.2) is 21.5 Å². The van der Waals surface area contributed by atoms with Gasteiger partial charge in [0.25, 0.3) is 0 Å². The van der Waals surface area contributed by atoms with Crippen molar-refractivity contribution < 1.29 is 14.4 Å². The van der Waals surface area contributed by atoms with Crippen molar-refractivity contribution in [3.05, 3.63) is 94.5 Å². The molecule has 3 rings (SSSR count). The lowest BCUT2D eigenvalue weighted by Crippen LogP contribution is -2.49. The number of hydrazine groups is 2. The predicted molar refractivity (Wildman–Crippen MR) is 134 cm³/mol. The molecular formula is C26H31N5O3. The highest BCUT2D eigenvalue weighted by Gasteiger charge is 2.19. The second kappa shape index (κ2) is 11.3. The zero-order valence-corrected chi connectivity index (χ0v) is 20.0. The molecule has 8 nitrogen and oxygen atoms in total.